The molecular weight excluding hydrogens is 210 g/mol. The molecule has 0 aliphatic carbocycles. The van der Waals surface area contributed by atoms with Gasteiger partial charge in [-0.15, -0.1) is 0 Å². The van der Waals surface area contributed by atoms with Crippen LogP contribution in [0.2, 0.25) is 0 Å². The summed E-state index contributed by atoms with van der Waals surface area (Å²) in [5.41, 5.74) is 3.01. The summed E-state index contributed by atoms with van der Waals surface area (Å²) in [6.45, 7) is 2.10. The average molecular weight is 228 g/mol. The largest absolute Gasteiger partial charge is 0.271 e. The van der Waals surface area contributed by atoms with Crippen molar-refractivity contribution in [3.8, 4) is 0 Å². The number of hydrogen-bond donors (Lipinski definition) is 2. The minimum absolute atomic E-state index is 0.243. The SMILES string of the molecule is CCCCCC(NN)c1ccc(F)cc1F. The van der Waals surface area contributed by atoms with E-state index in [4.69, 9.17) is 5.84 Å². The molecule has 0 saturated heterocycles. The van der Waals surface area contributed by atoms with E-state index in [0.717, 1.165) is 31.7 Å². The van der Waals surface area contributed by atoms with Gasteiger partial charge in [0.25, 0.3) is 0 Å². The highest BCUT2D eigenvalue weighted by Gasteiger charge is 2.14. The van der Waals surface area contributed by atoms with Crippen LogP contribution in [0.15, 0.2) is 18.2 Å². The van der Waals surface area contributed by atoms with E-state index in [-0.39, 0.29) is 6.04 Å². The minimum atomic E-state index is -0.564. The maximum atomic E-state index is 13.5. The van der Waals surface area contributed by atoms with Gasteiger partial charge < -0.3 is 0 Å². The molecule has 0 aliphatic heterocycles. The Bertz CT molecular complexity index is 329. The average Bonchev–Trinajstić information content (AvgIpc) is 2.26. The molecule has 0 aliphatic rings. The van der Waals surface area contributed by atoms with Crippen LogP contribution in [0.5, 0.6) is 0 Å². The second kappa shape index (κ2) is 6.55. The van der Waals surface area contributed by atoms with Crippen molar-refractivity contribution >= 4 is 0 Å². The van der Waals surface area contributed by atoms with Crippen molar-refractivity contribution < 1.29 is 8.78 Å². The Morgan fingerprint density at radius 1 is 1.31 bits per heavy atom. The first kappa shape index (κ1) is 13.1. The highest BCUT2D eigenvalue weighted by atomic mass is 19.1. The zero-order chi connectivity index (χ0) is 12.0. The zero-order valence-electron chi connectivity index (χ0n) is 9.47. The molecule has 90 valence electrons. The highest BCUT2D eigenvalue weighted by molar-refractivity contribution is 5.21. The Kier molecular flexibility index (Phi) is 5.35. The third-order valence-electron chi connectivity index (χ3n) is 2.64. The van der Waals surface area contributed by atoms with E-state index < -0.39 is 11.6 Å². The second-order valence-corrected chi connectivity index (χ2v) is 3.88. The summed E-state index contributed by atoms with van der Waals surface area (Å²) in [4.78, 5) is 0. The molecule has 0 fully saturated rings. The van der Waals surface area contributed by atoms with Crippen LogP contribution in [0.4, 0.5) is 8.78 Å². The monoisotopic (exact) mass is 228 g/mol. The Morgan fingerprint density at radius 2 is 2.06 bits per heavy atom. The fraction of sp³-hybridized carbons (Fsp3) is 0.500. The van der Waals surface area contributed by atoms with Gasteiger partial charge in [-0.3, -0.25) is 11.3 Å². The third-order valence-corrected chi connectivity index (χ3v) is 2.64. The van der Waals surface area contributed by atoms with Crippen molar-refractivity contribution in [2.75, 3.05) is 0 Å². The molecule has 3 N–H and O–H groups in total. The molecule has 0 bridgehead atoms. The van der Waals surface area contributed by atoms with Gasteiger partial charge in [0.1, 0.15) is 11.6 Å². The van der Waals surface area contributed by atoms with Crippen molar-refractivity contribution in [3.63, 3.8) is 0 Å². The van der Waals surface area contributed by atoms with Crippen LogP contribution in [-0.4, -0.2) is 0 Å². The first-order valence-corrected chi connectivity index (χ1v) is 5.60. The summed E-state index contributed by atoms with van der Waals surface area (Å²) in [5.74, 6) is 4.28. The smallest absolute Gasteiger partial charge is 0.130 e. The van der Waals surface area contributed by atoms with E-state index in [1.54, 1.807) is 0 Å². The van der Waals surface area contributed by atoms with Gasteiger partial charge >= 0.3 is 0 Å². The van der Waals surface area contributed by atoms with Gasteiger partial charge in [0, 0.05) is 17.7 Å². The van der Waals surface area contributed by atoms with Crippen LogP contribution >= 0.6 is 0 Å². The fourth-order valence-electron chi connectivity index (χ4n) is 1.71. The quantitative estimate of drug-likeness (QED) is 0.446. The van der Waals surface area contributed by atoms with Crippen molar-refractivity contribution in [2.45, 2.75) is 38.6 Å². The normalized spacial score (nSPS) is 12.8. The maximum Gasteiger partial charge on any atom is 0.130 e. The van der Waals surface area contributed by atoms with Crippen molar-refractivity contribution in [1.82, 2.24) is 5.43 Å². The van der Waals surface area contributed by atoms with Gasteiger partial charge in [-0.1, -0.05) is 32.3 Å². The molecule has 0 radical (unpaired) electrons. The Morgan fingerprint density at radius 3 is 2.62 bits per heavy atom. The molecule has 1 aromatic carbocycles. The van der Waals surface area contributed by atoms with Gasteiger partial charge in [0.05, 0.1) is 0 Å². The number of hydrazine groups is 1. The molecule has 0 saturated carbocycles. The van der Waals surface area contributed by atoms with Crippen LogP contribution in [0, 0.1) is 11.6 Å². The molecule has 1 aromatic rings. The van der Waals surface area contributed by atoms with Crippen molar-refractivity contribution in [3.05, 3.63) is 35.4 Å². The van der Waals surface area contributed by atoms with Crippen molar-refractivity contribution in [1.29, 1.82) is 0 Å². The third kappa shape index (κ3) is 3.54. The van der Waals surface area contributed by atoms with Gasteiger partial charge in [0.2, 0.25) is 0 Å². The van der Waals surface area contributed by atoms with E-state index in [1.807, 2.05) is 0 Å². The maximum absolute atomic E-state index is 13.5. The molecule has 0 amide bonds. The molecular formula is C12H18F2N2. The summed E-state index contributed by atoms with van der Waals surface area (Å²) in [6, 6.07) is 3.34. The molecule has 0 heterocycles. The van der Waals surface area contributed by atoms with Crippen molar-refractivity contribution in [2.24, 2.45) is 5.84 Å². The van der Waals surface area contributed by atoms with Crippen LogP contribution < -0.4 is 11.3 Å². The van der Waals surface area contributed by atoms with Gasteiger partial charge in [-0.25, -0.2) is 8.78 Å². The predicted molar refractivity (Wildman–Crippen MR) is 60.6 cm³/mol. The lowest BCUT2D eigenvalue weighted by atomic mass is 10.0. The van der Waals surface area contributed by atoms with E-state index in [1.165, 1.54) is 12.1 Å². The predicted octanol–water partition coefficient (Wildman–Crippen LogP) is 3.05. The highest BCUT2D eigenvalue weighted by Crippen LogP contribution is 2.22. The van der Waals surface area contributed by atoms with Crippen LogP contribution in [0.1, 0.15) is 44.2 Å². The molecule has 0 spiro atoms. The summed E-state index contributed by atoms with van der Waals surface area (Å²) in [5, 5.41) is 0. The molecule has 4 heteroatoms. The first-order valence-electron chi connectivity index (χ1n) is 5.60. The molecule has 0 aromatic heterocycles. The van der Waals surface area contributed by atoms with E-state index >= 15 is 0 Å². The molecule has 1 unspecified atom stereocenters. The van der Waals surface area contributed by atoms with Gasteiger partial charge in [-0.2, -0.15) is 0 Å². The van der Waals surface area contributed by atoms with Crippen LogP contribution in [0.25, 0.3) is 0 Å². The Hall–Kier alpha value is -1.00. The second-order valence-electron chi connectivity index (χ2n) is 3.88. The minimum Gasteiger partial charge on any atom is -0.271 e. The molecule has 2 nitrogen and oxygen atoms in total. The fourth-order valence-corrected chi connectivity index (χ4v) is 1.71. The van der Waals surface area contributed by atoms with E-state index in [2.05, 4.69) is 12.3 Å². The summed E-state index contributed by atoms with van der Waals surface area (Å²) in [6.07, 6.45) is 3.92. The molecule has 1 rings (SSSR count). The summed E-state index contributed by atoms with van der Waals surface area (Å²) in [7, 11) is 0. The topological polar surface area (TPSA) is 38.0 Å². The standard InChI is InChI=1S/C12H18F2N2/c1-2-3-4-5-12(16-15)10-7-6-9(13)8-11(10)14/h6-8,12,16H,2-5,15H2,1H3. The van der Waals surface area contributed by atoms with E-state index in [0.29, 0.717) is 5.56 Å². The summed E-state index contributed by atoms with van der Waals surface area (Å²) < 4.78 is 26.2. The van der Waals surface area contributed by atoms with Gasteiger partial charge in [0.15, 0.2) is 0 Å². The number of halogens is 2. The number of unbranched alkanes of at least 4 members (excludes halogenated alkanes) is 2. The number of rotatable bonds is 6. The lowest BCUT2D eigenvalue weighted by molar-refractivity contribution is 0.460. The lowest BCUT2D eigenvalue weighted by Crippen LogP contribution is -2.28. The number of hydrogen-bond acceptors (Lipinski definition) is 2. The van der Waals surface area contributed by atoms with E-state index in [9.17, 15) is 8.78 Å². The zero-order valence-corrected chi connectivity index (χ0v) is 9.47. The molecule has 16 heavy (non-hydrogen) atoms. The van der Waals surface area contributed by atoms with Gasteiger partial charge in [-0.05, 0) is 12.5 Å². The first-order chi connectivity index (χ1) is 7.69. The number of nitrogens with one attached hydrogen (secondary N) is 1. The Labute approximate surface area is 94.8 Å². The summed E-state index contributed by atoms with van der Waals surface area (Å²) >= 11 is 0. The number of nitrogens with two attached hydrogens (primary N) is 1. The Balaban J connectivity index is 2.70. The van der Waals surface area contributed by atoms with Crippen LogP contribution in [-0.2, 0) is 0 Å². The number of benzene rings is 1. The van der Waals surface area contributed by atoms with Crippen LogP contribution in [0.3, 0.4) is 0 Å². The lowest BCUT2D eigenvalue weighted by Gasteiger charge is -2.16. The molecule has 1 atom stereocenters.